The van der Waals surface area contributed by atoms with Crippen molar-refractivity contribution in [1.29, 1.82) is 0 Å². The zero-order valence-corrected chi connectivity index (χ0v) is 13.1. The van der Waals surface area contributed by atoms with E-state index in [-0.39, 0.29) is 0 Å². The number of nitrogens with one attached hydrogen (secondary N) is 1. The van der Waals surface area contributed by atoms with Crippen LogP contribution in [0.1, 0.15) is 50.8 Å². The van der Waals surface area contributed by atoms with E-state index >= 15 is 0 Å². The molecule has 0 saturated heterocycles. The summed E-state index contributed by atoms with van der Waals surface area (Å²) in [5.74, 6) is 0. The van der Waals surface area contributed by atoms with Crippen LogP contribution in [0.15, 0.2) is 24.3 Å². The minimum Gasteiger partial charge on any atom is -0.312 e. The molecule has 0 saturated carbocycles. The van der Waals surface area contributed by atoms with Crippen molar-refractivity contribution in [3.63, 3.8) is 0 Å². The van der Waals surface area contributed by atoms with Gasteiger partial charge in [-0.15, -0.1) is 0 Å². The number of benzene rings is 1. The summed E-state index contributed by atoms with van der Waals surface area (Å²) < 4.78 is 0. The van der Waals surface area contributed by atoms with Gasteiger partial charge in [0.2, 0.25) is 0 Å². The molecular weight excluding hydrogens is 232 g/mol. The molecule has 0 fully saturated rings. The molecule has 0 spiro atoms. The van der Waals surface area contributed by atoms with Gasteiger partial charge in [-0.2, -0.15) is 0 Å². The van der Waals surface area contributed by atoms with Crippen LogP contribution in [0.3, 0.4) is 0 Å². The third-order valence-corrected chi connectivity index (χ3v) is 3.85. The summed E-state index contributed by atoms with van der Waals surface area (Å²) >= 11 is 0. The maximum atomic E-state index is 3.46. The molecule has 1 rings (SSSR count). The van der Waals surface area contributed by atoms with Gasteiger partial charge in [-0.3, -0.25) is 0 Å². The van der Waals surface area contributed by atoms with E-state index in [1.54, 1.807) is 0 Å². The lowest BCUT2D eigenvalue weighted by Crippen LogP contribution is -2.34. The smallest absolute Gasteiger partial charge is 0.0446 e. The average Bonchev–Trinajstić information content (AvgIpc) is 2.48. The summed E-state index contributed by atoms with van der Waals surface area (Å²) in [6.07, 6.45) is 3.67. The van der Waals surface area contributed by atoms with E-state index in [9.17, 15) is 0 Å². The van der Waals surface area contributed by atoms with Crippen molar-refractivity contribution >= 4 is 0 Å². The molecular formula is C17H30N2. The Bertz CT molecular complexity index is 332. The van der Waals surface area contributed by atoms with Crippen LogP contribution in [-0.2, 0) is 6.42 Å². The largest absolute Gasteiger partial charge is 0.312 e. The molecule has 1 N–H and O–H groups in total. The Morgan fingerprint density at radius 2 is 1.79 bits per heavy atom. The number of unbranched alkanes of at least 4 members (excludes halogenated alkanes) is 1. The van der Waals surface area contributed by atoms with Crippen LogP contribution < -0.4 is 5.32 Å². The van der Waals surface area contributed by atoms with Crippen LogP contribution in [-0.4, -0.2) is 31.6 Å². The summed E-state index contributed by atoms with van der Waals surface area (Å²) in [6, 6.07) is 9.48. The Labute approximate surface area is 119 Å². The molecule has 0 amide bonds. The van der Waals surface area contributed by atoms with Crippen molar-refractivity contribution in [3.05, 3.63) is 35.4 Å². The van der Waals surface area contributed by atoms with Crippen LogP contribution in [0, 0.1) is 0 Å². The van der Waals surface area contributed by atoms with Gasteiger partial charge in [0.1, 0.15) is 0 Å². The van der Waals surface area contributed by atoms with E-state index in [0.29, 0.717) is 6.04 Å². The van der Waals surface area contributed by atoms with Gasteiger partial charge < -0.3 is 10.2 Å². The van der Waals surface area contributed by atoms with E-state index in [1.807, 2.05) is 0 Å². The first kappa shape index (κ1) is 16.2. The Kier molecular flexibility index (Phi) is 7.76. The average molecular weight is 262 g/mol. The molecule has 19 heavy (non-hydrogen) atoms. The standard InChI is InChI=1S/C17H30N2/c1-5-8-13-19(7-3)14-17(18-4)16-11-9-15(6-2)10-12-16/h9-12,17-18H,5-8,13-14H2,1-4H3. The second kappa shape index (κ2) is 9.11. The highest BCUT2D eigenvalue weighted by molar-refractivity contribution is 5.25. The van der Waals surface area contributed by atoms with Crippen LogP contribution in [0.25, 0.3) is 0 Å². The van der Waals surface area contributed by atoms with E-state index < -0.39 is 0 Å². The number of nitrogens with zero attached hydrogens (tertiary/aromatic N) is 1. The topological polar surface area (TPSA) is 15.3 Å². The predicted octanol–water partition coefficient (Wildman–Crippen LogP) is 3.63. The van der Waals surface area contributed by atoms with Crippen molar-refractivity contribution in [1.82, 2.24) is 10.2 Å². The maximum Gasteiger partial charge on any atom is 0.0446 e. The molecule has 1 unspecified atom stereocenters. The first-order valence-electron chi connectivity index (χ1n) is 7.73. The van der Waals surface area contributed by atoms with Gasteiger partial charge in [0.15, 0.2) is 0 Å². The lowest BCUT2D eigenvalue weighted by molar-refractivity contribution is 0.254. The van der Waals surface area contributed by atoms with Crippen molar-refractivity contribution in [3.8, 4) is 0 Å². The van der Waals surface area contributed by atoms with Crippen LogP contribution in [0.5, 0.6) is 0 Å². The second-order valence-electron chi connectivity index (χ2n) is 5.18. The molecule has 0 radical (unpaired) electrons. The van der Waals surface area contributed by atoms with Gasteiger partial charge in [-0.05, 0) is 44.1 Å². The monoisotopic (exact) mass is 262 g/mol. The number of hydrogen-bond acceptors (Lipinski definition) is 2. The minimum atomic E-state index is 0.433. The molecule has 2 heteroatoms. The number of aryl methyl sites for hydroxylation is 1. The van der Waals surface area contributed by atoms with Gasteiger partial charge in [0.25, 0.3) is 0 Å². The fraction of sp³-hybridized carbons (Fsp3) is 0.647. The normalized spacial score (nSPS) is 12.9. The third kappa shape index (κ3) is 5.33. The summed E-state index contributed by atoms with van der Waals surface area (Å²) in [4.78, 5) is 2.54. The van der Waals surface area contributed by atoms with Gasteiger partial charge in [0.05, 0.1) is 0 Å². The highest BCUT2D eigenvalue weighted by atomic mass is 15.1. The fourth-order valence-corrected chi connectivity index (χ4v) is 2.37. The first-order valence-corrected chi connectivity index (χ1v) is 7.73. The van der Waals surface area contributed by atoms with E-state index in [0.717, 1.165) is 19.5 Å². The molecule has 1 aromatic carbocycles. The molecule has 1 aromatic rings. The zero-order chi connectivity index (χ0) is 14.1. The lowest BCUT2D eigenvalue weighted by atomic mass is 10.0. The summed E-state index contributed by atoms with van der Waals surface area (Å²) in [6.45, 7) is 10.1. The van der Waals surface area contributed by atoms with Crippen LogP contribution in [0.2, 0.25) is 0 Å². The second-order valence-corrected chi connectivity index (χ2v) is 5.18. The molecule has 108 valence electrons. The number of hydrogen-bond donors (Lipinski definition) is 1. The van der Waals surface area contributed by atoms with E-state index in [4.69, 9.17) is 0 Å². The highest BCUT2D eigenvalue weighted by Gasteiger charge is 2.13. The lowest BCUT2D eigenvalue weighted by Gasteiger charge is -2.26. The molecule has 0 aliphatic carbocycles. The minimum absolute atomic E-state index is 0.433. The van der Waals surface area contributed by atoms with Gasteiger partial charge in [0, 0.05) is 12.6 Å². The quantitative estimate of drug-likeness (QED) is 0.731. The summed E-state index contributed by atoms with van der Waals surface area (Å²) in [5, 5.41) is 3.46. The Morgan fingerprint density at radius 1 is 1.11 bits per heavy atom. The Morgan fingerprint density at radius 3 is 2.26 bits per heavy atom. The molecule has 2 nitrogen and oxygen atoms in total. The maximum absolute atomic E-state index is 3.46. The van der Waals surface area contributed by atoms with Crippen LogP contribution in [0.4, 0.5) is 0 Å². The third-order valence-electron chi connectivity index (χ3n) is 3.85. The van der Waals surface area contributed by atoms with Gasteiger partial charge in [-0.25, -0.2) is 0 Å². The molecule has 1 atom stereocenters. The Hall–Kier alpha value is -0.860. The van der Waals surface area contributed by atoms with Crippen molar-refractivity contribution in [2.24, 2.45) is 0 Å². The zero-order valence-electron chi connectivity index (χ0n) is 13.1. The SMILES string of the molecule is CCCCN(CC)CC(NC)c1ccc(CC)cc1. The molecule has 0 aliphatic rings. The first-order chi connectivity index (χ1) is 9.24. The van der Waals surface area contributed by atoms with Crippen molar-refractivity contribution in [2.45, 2.75) is 46.1 Å². The fourth-order valence-electron chi connectivity index (χ4n) is 2.37. The van der Waals surface area contributed by atoms with Crippen molar-refractivity contribution < 1.29 is 0 Å². The van der Waals surface area contributed by atoms with Crippen LogP contribution >= 0.6 is 0 Å². The van der Waals surface area contributed by atoms with Crippen molar-refractivity contribution in [2.75, 3.05) is 26.7 Å². The Balaban J connectivity index is 2.64. The van der Waals surface area contributed by atoms with Gasteiger partial charge >= 0.3 is 0 Å². The summed E-state index contributed by atoms with van der Waals surface area (Å²) in [5.41, 5.74) is 2.81. The number of likely N-dealkylation sites (N-methyl/N-ethyl adjacent to an activating group) is 2. The summed E-state index contributed by atoms with van der Waals surface area (Å²) in [7, 11) is 2.06. The number of rotatable bonds is 9. The predicted molar refractivity (Wildman–Crippen MR) is 84.6 cm³/mol. The molecule has 0 aromatic heterocycles. The molecule has 0 heterocycles. The van der Waals surface area contributed by atoms with E-state index in [2.05, 4.69) is 62.3 Å². The van der Waals surface area contributed by atoms with E-state index in [1.165, 1.54) is 30.5 Å². The molecule has 0 aliphatic heterocycles. The molecule has 0 bridgehead atoms. The highest BCUT2D eigenvalue weighted by Crippen LogP contribution is 2.16. The van der Waals surface area contributed by atoms with Gasteiger partial charge in [-0.1, -0.05) is 51.5 Å².